The lowest BCUT2D eigenvalue weighted by Crippen LogP contribution is -2.43. The molecule has 10 heteroatoms. The Morgan fingerprint density at radius 2 is 2.00 bits per heavy atom. The molecule has 1 saturated heterocycles. The first-order valence-corrected chi connectivity index (χ1v) is 10.7. The van der Waals surface area contributed by atoms with Gasteiger partial charge in [-0.15, -0.1) is 0 Å². The average molecular weight is 422 g/mol. The van der Waals surface area contributed by atoms with Crippen LogP contribution in [0.5, 0.6) is 5.75 Å². The number of nitro benzene ring substituents is 1. The number of para-hydroxylation sites is 2. The van der Waals surface area contributed by atoms with E-state index in [1.54, 1.807) is 12.1 Å². The first-order chi connectivity index (χ1) is 13.7. The largest absolute Gasteiger partial charge is 0.477 e. The Hall–Kier alpha value is -3.01. The monoisotopic (exact) mass is 422 g/mol. The third-order valence-corrected chi connectivity index (χ3v) is 6.37. The van der Waals surface area contributed by atoms with E-state index in [1.165, 1.54) is 41.3 Å². The summed E-state index contributed by atoms with van der Waals surface area (Å²) in [4.78, 5) is 24.6. The van der Waals surface area contributed by atoms with Crippen molar-refractivity contribution in [3.8, 4) is 5.75 Å². The Kier molecular flexibility index (Phi) is 6.12. The van der Waals surface area contributed by atoms with E-state index < -0.39 is 39.1 Å². The summed E-state index contributed by atoms with van der Waals surface area (Å²) in [6.45, 7) is -0.492. The molecule has 1 unspecified atom stereocenters. The highest BCUT2D eigenvalue weighted by Crippen LogP contribution is 2.26. The molecule has 154 valence electrons. The van der Waals surface area contributed by atoms with Crippen LogP contribution in [0.3, 0.4) is 0 Å². The van der Waals surface area contributed by atoms with Crippen LogP contribution in [0.4, 0.5) is 10.1 Å². The number of benzene rings is 2. The third kappa shape index (κ3) is 5.29. The summed E-state index contributed by atoms with van der Waals surface area (Å²) in [7, 11) is -3.26. The summed E-state index contributed by atoms with van der Waals surface area (Å²) < 4.78 is 42.6. The molecule has 0 N–H and O–H groups in total. The fourth-order valence-corrected chi connectivity index (χ4v) is 4.96. The van der Waals surface area contributed by atoms with Gasteiger partial charge in [0.25, 0.3) is 5.91 Å². The minimum atomic E-state index is -3.26. The third-order valence-electron chi connectivity index (χ3n) is 4.62. The number of sulfone groups is 1. The van der Waals surface area contributed by atoms with Crippen LogP contribution in [-0.4, -0.2) is 48.3 Å². The normalized spacial score (nSPS) is 17.6. The van der Waals surface area contributed by atoms with Gasteiger partial charge in [-0.25, -0.2) is 12.8 Å². The number of halogens is 1. The summed E-state index contributed by atoms with van der Waals surface area (Å²) in [6.07, 6.45) is 0.273. The molecule has 2 aromatic rings. The van der Waals surface area contributed by atoms with E-state index in [0.717, 1.165) is 0 Å². The molecule has 1 atom stereocenters. The van der Waals surface area contributed by atoms with Crippen molar-refractivity contribution in [2.24, 2.45) is 0 Å². The van der Waals surface area contributed by atoms with Gasteiger partial charge in [-0.2, -0.15) is 0 Å². The van der Waals surface area contributed by atoms with Crippen molar-refractivity contribution in [2.75, 3.05) is 18.1 Å². The van der Waals surface area contributed by atoms with E-state index in [1.807, 2.05) is 0 Å². The maximum atomic E-state index is 13.5. The highest BCUT2D eigenvalue weighted by Gasteiger charge is 2.35. The van der Waals surface area contributed by atoms with E-state index >= 15 is 0 Å². The number of carbonyl (C=O) groups is 1. The maximum Gasteiger partial charge on any atom is 0.310 e. The lowest BCUT2D eigenvalue weighted by atomic mass is 10.1. The van der Waals surface area contributed by atoms with E-state index in [-0.39, 0.29) is 35.9 Å². The molecule has 1 amide bonds. The summed E-state index contributed by atoms with van der Waals surface area (Å²) in [5, 5.41) is 11.1. The van der Waals surface area contributed by atoms with Crippen LogP contribution >= 0.6 is 0 Å². The molecule has 0 spiro atoms. The van der Waals surface area contributed by atoms with E-state index in [0.29, 0.717) is 5.56 Å². The predicted octanol–water partition coefficient (Wildman–Crippen LogP) is 2.33. The van der Waals surface area contributed by atoms with Gasteiger partial charge in [0.2, 0.25) is 0 Å². The molecule has 0 bridgehead atoms. The first kappa shape index (κ1) is 20.7. The number of carbonyl (C=O) groups excluding carboxylic acids is 1. The number of hydrogen-bond acceptors (Lipinski definition) is 6. The smallest absolute Gasteiger partial charge is 0.310 e. The van der Waals surface area contributed by atoms with Gasteiger partial charge >= 0.3 is 5.69 Å². The Morgan fingerprint density at radius 1 is 1.24 bits per heavy atom. The second kappa shape index (κ2) is 8.56. The zero-order valence-corrected chi connectivity index (χ0v) is 16.2. The Bertz CT molecular complexity index is 1030. The van der Waals surface area contributed by atoms with Crippen LogP contribution < -0.4 is 4.74 Å². The number of nitrogens with zero attached hydrogens (tertiary/aromatic N) is 2. The van der Waals surface area contributed by atoms with Gasteiger partial charge in [-0.3, -0.25) is 14.9 Å². The molecule has 1 aliphatic heterocycles. The van der Waals surface area contributed by atoms with Gasteiger partial charge in [0.15, 0.2) is 22.2 Å². The molecule has 0 aliphatic carbocycles. The maximum absolute atomic E-state index is 13.5. The van der Waals surface area contributed by atoms with Crippen LogP contribution in [0.1, 0.15) is 12.0 Å². The standard InChI is InChI=1S/C19H19FN2O6S/c20-15-5-3-4-14(10-15)11-21(16-8-9-29(26,27)13-16)19(23)12-28-18-7-2-1-6-17(18)22(24)25/h1-7,10,16H,8-9,11-13H2. The number of ether oxygens (including phenoxy) is 1. The van der Waals surface area contributed by atoms with E-state index in [9.17, 15) is 27.7 Å². The fourth-order valence-electron chi connectivity index (χ4n) is 3.23. The van der Waals surface area contributed by atoms with Crippen LogP contribution in [0.25, 0.3) is 0 Å². The second-order valence-electron chi connectivity index (χ2n) is 6.72. The van der Waals surface area contributed by atoms with Crippen molar-refractivity contribution in [1.29, 1.82) is 0 Å². The molecular weight excluding hydrogens is 403 g/mol. The number of rotatable bonds is 7. The first-order valence-electron chi connectivity index (χ1n) is 8.86. The molecule has 1 fully saturated rings. The van der Waals surface area contributed by atoms with E-state index in [2.05, 4.69) is 0 Å². The molecule has 0 saturated carbocycles. The lowest BCUT2D eigenvalue weighted by Gasteiger charge is -2.28. The van der Waals surface area contributed by atoms with Crippen molar-refractivity contribution in [3.63, 3.8) is 0 Å². The van der Waals surface area contributed by atoms with Gasteiger partial charge in [0.05, 0.1) is 16.4 Å². The zero-order chi connectivity index (χ0) is 21.0. The van der Waals surface area contributed by atoms with E-state index in [4.69, 9.17) is 4.74 Å². The minimum absolute atomic E-state index is 0.0109. The van der Waals surface area contributed by atoms with Gasteiger partial charge in [-0.05, 0) is 30.2 Å². The predicted molar refractivity (Wildman–Crippen MR) is 103 cm³/mol. The summed E-state index contributed by atoms with van der Waals surface area (Å²) in [5.74, 6) is -1.27. The zero-order valence-electron chi connectivity index (χ0n) is 15.4. The Labute approximate surface area is 167 Å². The molecule has 1 heterocycles. The van der Waals surface area contributed by atoms with Crippen LogP contribution in [0.15, 0.2) is 48.5 Å². The van der Waals surface area contributed by atoms with Gasteiger partial charge in [0, 0.05) is 18.7 Å². The summed E-state index contributed by atoms with van der Waals surface area (Å²) in [5.41, 5.74) is 0.230. The molecular formula is C19H19FN2O6S. The van der Waals surface area contributed by atoms with Crippen molar-refractivity contribution >= 4 is 21.4 Å². The SMILES string of the molecule is O=C(COc1ccccc1[N+](=O)[O-])N(Cc1cccc(F)c1)C1CCS(=O)(=O)C1. The summed E-state index contributed by atoms with van der Waals surface area (Å²) >= 11 is 0. The van der Waals surface area contributed by atoms with Crippen molar-refractivity contribution < 1.29 is 27.3 Å². The topological polar surface area (TPSA) is 107 Å². The van der Waals surface area contributed by atoms with Gasteiger partial charge in [-0.1, -0.05) is 24.3 Å². The van der Waals surface area contributed by atoms with Gasteiger partial charge in [0.1, 0.15) is 5.82 Å². The average Bonchev–Trinajstić information content (AvgIpc) is 3.04. The minimum Gasteiger partial charge on any atom is -0.477 e. The van der Waals surface area contributed by atoms with Crippen LogP contribution in [0, 0.1) is 15.9 Å². The molecule has 8 nitrogen and oxygen atoms in total. The number of nitro groups is 1. The Balaban J connectivity index is 1.78. The van der Waals surface area contributed by atoms with Gasteiger partial charge < -0.3 is 9.64 Å². The quantitative estimate of drug-likeness (QED) is 0.501. The highest BCUT2D eigenvalue weighted by molar-refractivity contribution is 7.91. The lowest BCUT2D eigenvalue weighted by molar-refractivity contribution is -0.385. The summed E-state index contributed by atoms with van der Waals surface area (Å²) in [6, 6.07) is 10.8. The van der Waals surface area contributed by atoms with Crippen molar-refractivity contribution in [2.45, 2.75) is 19.0 Å². The molecule has 29 heavy (non-hydrogen) atoms. The van der Waals surface area contributed by atoms with Crippen molar-refractivity contribution in [1.82, 2.24) is 4.90 Å². The van der Waals surface area contributed by atoms with Crippen molar-refractivity contribution in [3.05, 3.63) is 70.0 Å². The number of amides is 1. The molecule has 0 aromatic heterocycles. The second-order valence-corrected chi connectivity index (χ2v) is 8.95. The fraction of sp³-hybridized carbons (Fsp3) is 0.316. The molecule has 3 rings (SSSR count). The van der Waals surface area contributed by atoms with Crippen LogP contribution in [-0.2, 0) is 21.2 Å². The molecule has 1 aliphatic rings. The number of hydrogen-bond donors (Lipinski definition) is 0. The van der Waals surface area contributed by atoms with Crippen LogP contribution in [0.2, 0.25) is 0 Å². The Morgan fingerprint density at radius 3 is 2.66 bits per heavy atom. The molecule has 0 radical (unpaired) electrons. The molecule has 2 aromatic carbocycles. The highest BCUT2D eigenvalue weighted by atomic mass is 32.2.